The van der Waals surface area contributed by atoms with Crippen LogP contribution >= 0.6 is 0 Å². The molecule has 1 amide bonds. The summed E-state index contributed by atoms with van der Waals surface area (Å²) in [5.74, 6) is 0.149. The van der Waals surface area contributed by atoms with Gasteiger partial charge in [-0.15, -0.1) is 0 Å². The Hall–Kier alpha value is -0.570. The van der Waals surface area contributed by atoms with Crippen molar-refractivity contribution in [3.63, 3.8) is 0 Å². The zero-order valence-electron chi connectivity index (χ0n) is 11.3. The molecule has 0 aromatic heterocycles. The van der Waals surface area contributed by atoms with E-state index in [0.29, 0.717) is 0 Å². The highest BCUT2D eigenvalue weighted by Gasteiger charge is 2.35. The van der Waals surface area contributed by atoms with Crippen LogP contribution in [-0.2, 0) is 4.79 Å². The molecular formula is C12H26N2O. The standard InChI is InChI=1S/C12H26N2O/c1-8-11(3,4)14(7)10(15)12(5,6)13-9-2/h13H,8-9H2,1-7H3. The van der Waals surface area contributed by atoms with E-state index in [1.165, 1.54) is 0 Å². The maximum absolute atomic E-state index is 12.2. The highest BCUT2D eigenvalue weighted by atomic mass is 16.2. The first-order chi connectivity index (χ1) is 6.69. The van der Waals surface area contributed by atoms with Crippen LogP contribution in [0.3, 0.4) is 0 Å². The molecule has 0 aromatic carbocycles. The van der Waals surface area contributed by atoms with Crippen LogP contribution in [0.5, 0.6) is 0 Å². The smallest absolute Gasteiger partial charge is 0.242 e. The number of likely N-dealkylation sites (N-methyl/N-ethyl adjacent to an activating group) is 2. The van der Waals surface area contributed by atoms with Crippen LogP contribution in [0.15, 0.2) is 0 Å². The lowest BCUT2D eigenvalue weighted by Gasteiger charge is -2.40. The number of carbonyl (C=O) groups is 1. The van der Waals surface area contributed by atoms with E-state index in [1.54, 1.807) is 0 Å². The normalized spacial score (nSPS) is 12.7. The molecule has 0 fully saturated rings. The second-order valence-electron chi connectivity index (χ2n) is 5.19. The van der Waals surface area contributed by atoms with Gasteiger partial charge in [0.15, 0.2) is 0 Å². The molecule has 15 heavy (non-hydrogen) atoms. The summed E-state index contributed by atoms with van der Waals surface area (Å²) in [5, 5.41) is 3.21. The van der Waals surface area contributed by atoms with Crippen molar-refractivity contribution in [3.8, 4) is 0 Å². The second-order valence-corrected chi connectivity index (χ2v) is 5.19. The van der Waals surface area contributed by atoms with Crippen molar-refractivity contribution < 1.29 is 4.79 Å². The number of carbonyl (C=O) groups excluding carboxylic acids is 1. The minimum Gasteiger partial charge on any atom is -0.339 e. The monoisotopic (exact) mass is 214 g/mol. The highest BCUT2D eigenvalue weighted by Crippen LogP contribution is 2.20. The first kappa shape index (κ1) is 14.4. The van der Waals surface area contributed by atoms with Crippen LogP contribution in [0.2, 0.25) is 0 Å². The summed E-state index contributed by atoms with van der Waals surface area (Å²) in [6.07, 6.45) is 0.956. The molecule has 0 unspecified atom stereocenters. The number of nitrogens with zero attached hydrogens (tertiary/aromatic N) is 1. The third kappa shape index (κ3) is 3.49. The summed E-state index contributed by atoms with van der Waals surface area (Å²) < 4.78 is 0. The van der Waals surface area contributed by atoms with Gasteiger partial charge in [0.1, 0.15) is 0 Å². The summed E-state index contributed by atoms with van der Waals surface area (Å²) in [5.41, 5.74) is -0.556. The molecule has 0 aliphatic heterocycles. The average molecular weight is 214 g/mol. The lowest BCUT2D eigenvalue weighted by Crippen LogP contribution is -2.58. The van der Waals surface area contributed by atoms with Gasteiger partial charge in [0.05, 0.1) is 5.54 Å². The van der Waals surface area contributed by atoms with Crippen LogP contribution in [0, 0.1) is 0 Å². The first-order valence-electron chi connectivity index (χ1n) is 5.72. The minimum atomic E-state index is -0.476. The van der Waals surface area contributed by atoms with Crippen molar-refractivity contribution >= 4 is 5.91 Å². The van der Waals surface area contributed by atoms with Gasteiger partial charge in [0.2, 0.25) is 5.91 Å². The van der Waals surface area contributed by atoms with Crippen molar-refractivity contribution in [3.05, 3.63) is 0 Å². The van der Waals surface area contributed by atoms with Crippen molar-refractivity contribution in [1.29, 1.82) is 0 Å². The van der Waals surface area contributed by atoms with E-state index in [1.807, 2.05) is 32.7 Å². The number of hydrogen-bond acceptors (Lipinski definition) is 2. The Kier molecular flexibility index (Phi) is 4.78. The van der Waals surface area contributed by atoms with E-state index in [0.717, 1.165) is 13.0 Å². The van der Waals surface area contributed by atoms with Crippen LogP contribution in [0.1, 0.15) is 48.0 Å². The SMILES string of the molecule is CCNC(C)(C)C(=O)N(C)C(C)(C)CC. The summed E-state index contributed by atoms with van der Waals surface area (Å²) in [4.78, 5) is 14.1. The van der Waals surface area contributed by atoms with Crippen molar-refractivity contribution in [2.75, 3.05) is 13.6 Å². The Balaban J connectivity index is 4.71. The summed E-state index contributed by atoms with van der Waals surface area (Å²) in [7, 11) is 1.88. The number of rotatable bonds is 5. The molecule has 1 N–H and O–H groups in total. The van der Waals surface area contributed by atoms with Gasteiger partial charge in [0.25, 0.3) is 0 Å². The van der Waals surface area contributed by atoms with E-state index in [4.69, 9.17) is 0 Å². The van der Waals surface area contributed by atoms with Gasteiger partial charge in [-0.1, -0.05) is 13.8 Å². The molecule has 0 saturated heterocycles. The zero-order valence-corrected chi connectivity index (χ0v) is 11.3. The van der Waals surface area contributed by atoms with Crippen LogP contribution < -0.4 is 5.32 Å². The fourth-order valence-electron chi connectivity index (χ4n) is 1.45. The predicted octanol–water partition coefficient (Wildman–Crippen LogP) is 2.02. The van der Waals surface area contributed by atoms with E-state index < -0.39 is 5.54 Å². The zero-order chi connectivity index (χ0) is 12.3. The maximum atomic E-state index is 12.2. The molecule has 0 heterocycles. The van der Waals surface area contributed by atoms with Crippen molar-refractivity contribution in [2.45, 2.75) is 59.0 Å². The molecule has 0 spiro atoms. The summed E-state index contributed by atoms with van der Waals surface area (Å²) in [6.45, 7) is 13.0. The number of nitrogens with one attached hydrogen (secondary N) is 1. The molecule has 0 rings (SSSR count). The predicted molar refractivity (Wildman–Crippen MR) is 64.9 cm³/mol. The molecule has 0 aliphatic rings. The van der Waals surface area contributed by atoms with Gasteiger partial charge in [-0.05, 0) is 40.7 Å². The minimum absolute atomic E-state index is 0.0796. The van der Waals surface area contributed by atoms with Gasteiger partial charge < -0.3 is 10.2 Å². The van der Waals surface area contributed by atoms with Gasteiger partial charge in [0, 0.05) is 12.6 Å². The Morgan fingerprint density at radius 1 is 1.20 bits per heavy atom. The summed E-state index contributed by atoms with van der Waals surface area (Å²) in [6, 6.07) is 0. The first-order valence-corrected chi connectivity index (χ1v) is 5.72. The molecule has 3 nitrogen and oxygen atoms in total. The van der Waals surface area contributed by atoms with Gasteiger partial charge in [-0.3, -0.25) is 4.79 Å². The Morgan fingerprint density at radius 3 is 2.00 bits per heavy atom. The Morgan fingerprint density at radius 2 is 1.67 bits per heavy atom. The third-order valence-electron chi connectivity index (χ3n) is 3.23. The second kappa shape index (κ2) is 4.97. The molecule has 90 valence electrons. The molecule has 0 aliphatic carbocycles. The topological polar surface area (TPSA) is 32.3 Å². The van der Waals surface area contributed by atoms with Crippen LogP contribution in [0.4, 0.5) is 0 Å². The fraction of sp³-hybridized carbons (Fsp3) is 0.917. The van der Waals surface area contributed by atoms with E-state index in [9.17, 15) is 4.79 Å². The lowest BCUT2D eigenvalue weighted by molar-refractivity contribution is -0.140. The van der Waals surface area contributed by atoms with Crippen molar-refractivity contribution in [2.24, 2.45) is 0 Å². The van der Waals surface area contributed by atoms with Gasteiger partial charge >= 0.3 is 0 Å². The number of amides is 1. The van der Waals surface area contributed by atoms with E-state index >= 15 is 0 Å². The number of hydrogen-bond donors (Lipinski definition) is 1. The highest BCUT2D eigenvalue weighted by molar-refractivity contribution is 5.85. The van der Waals surface area contributed by atoms with Crippen molar-refractivity contribution in [1.82, 2.24) is 10.2 Å². The molecule has 3 heteroatoms. The maximum Gasteiger partial charge on any atom is 0.242 e. The lowest BCUT2D eigenvalue weighted by atomic mass is 9.95. The molecule has 0 saturated carbocycles. The summed E-state index contributed by atoms with van der Waals surface area (Å²) >= 11 is 0. The van der Waals surface area contributed by atoms with Crippen LogP contribution in [-0.4, -0.2) is 35.5 Å². The Bertz CT molecular complexity index is 222. The average Bonchev–Trinajstić information content (AvgIpc) is 2.15. The fourth-order valence-corrected chi connectivity index (χ4v) is 1.45. The molecule has 0 atom stereocenters. The van der Waals surface area contributed by atoms with E-state index in [-0.39, 0.29) is 11.4 Å². The van der Waals surface area contributed by atoms with E-state index in [2.05, 4.69) is 26.1 Å². The Labute approximate surface area is 94.2 Å². The molecule has 0 bridgehead atoms. The quantitative estimate of drug-likeness (QED) is 0.759. The van der Waals surface area contributed by atoms with Crippen LogP contribution in [0.25, 0.3) is 0 Å². The third-order valence-corrected chi connectivity index (χ3v) is 3.23. The molecule has 0 aromatic rings. The molecular weight excluding hydrogens is 188 g/mol. The largest absolute Gasteiger partial charge is 0.339 e. The van der Waals surface area contributed by atoms with Gasteiger partial charge in [-0.25, -0.2) is 0 Å². The van der Waals surface area contributed by atoms with Gasteiger partial charge in [-0.2, -0.15) is 0 Å². The molecule has 0 radical (unpaired) electrons.